The lowest BCUT2D eigenvalue weighted by Crippen LogP contribution is -2.33. The van der Waals surface area contributed by atoms with Crippen LogP contribution in [0, 0.1) is 0 Å². The number of alkyl halides is 4. The van der Waals surface area contributed by atoms with Crippen LogP contribution in [-0.4, -0.2) is 35.7 Å². The molecule has 2 aromatic rings. The van der Waals surface area contributed by atoms with Gasteiger partial charge in [-0.15, -0.1) is 0 Å². The molecule has 114 valence electrons. The van der Waals surface area contributed by atoms with Gasteiger partial charge in [0.1, 0.15) is 12.7 Å². The highest BCUT2D eigenvalue weighted by atomic mass is 19.3. The Kier molecular flexibility index (Phi) is 4.74. The first-order valence-corrected chi connectivity index (χ1v) is 6.17. The van der Waals surface area contributed by atoms with E-state index in [9.17, 15) is 22.7 Å². The molecule has 21 heavy (non-hydrogen) atoms. The van der Waals surface area contributed by atoms with E-state index < -0.39 is 31.7 Å². The zero-order chi connectivity index (χ0) is 15.5. The summed E-state index contributed by atoms with van der Waals surface area (Å²) >= 11 is 0. The van der Waals surface area contributed by atoms with Gasteiger partial charge in [-0.05, 0) is 6.07 Å². The van der Waals surface area contributed by atoms with Crippen LogP contribution in [0.4, 0.5) is 17.6 Å². The van der Waals surface area contributed by atoms with Crippen molar-refractivity contribution in [3.63, 3.8) is 0 Å². The second kappa shape index (κ2) is 6.36. The number of rotatable bonds is 6. The van der Waals surface area contributed by atoms with Gasteiger partial charge in [0.15, 0.2) is 0 Å². The summed E-state index contributed by atoms with van der Waals surface area (Å²) in [6.07, 6.45) is -3.49. The molecule has 1 unspecified atom stereocenters. The number of hydrogen-bond donors (Lipinski definition) is 1. The Balaban J connectivity index is 2.04. The lowest BCUT2D eigenvalue weighted by molar-refractivity contribution is -0.170. The monoisotopic (exact) mass is 303 g/mol. The Labute approximate surface area is 118 Å². The predicted octanol–water partition coefficient (Wildman–Crippen LogP) is 3.19. The summed E-state index contributed by atoms with van der Waals surface area (Å²) in [6.45, 7) is -1.96. The Morgan fingerprint density at radius 2 is 1.90 bits per heavy atom. The quantitative estimate of drug-likeness (QED) is 0.833. The van der Waals surface area contributed by atoms with Crippen LogP contribution >= 0.6 is 0 Å². The molecule has 0 radical (unpaired) electrons. The maximum atomic E-state index is 12.7. The topological polar surface area (TPSA) is 42.4 Å². The van der Waals surface area contributed by atoms with E-state index in [2.05, 4.69) is 9.72 Å². The molecule has 0 saturated heterocycles. The molecule has 1 aromatic heterocycles. The standard InChI is InChI=1S/C14H13F4NO2/c15-13(16)14(17,18)8-21-7-11(20)10-5-1-3-9-4-2-6-19-12(9)10/h1-6,11,13,20H,7-8H2. The summed E-state index contributed by atoms with van der Waals surface area (Å²) in [5.74, 6) is -4.23. The van der Waals surface area contributed by atoms with Crippen LogP contribution in [0.1, 0.15) is 11.7 Å². The maximum absolute atomic E-state index is 12.7. The summed E-state index contributed by atoms with van der Waals surface area (Å²) in [6, 6.07) is 8.54. The van der Waals surface area contributed by atoms with Crippen molar-refractivity contribution in [2.75, 3.05) is 13.2 Å². The number of hydrogen-bond acceptors (Lipinski definition) is 3. The SMILES string of the molecule is OC(COCC(F)(F)C(F)F)c1cccc2cccnc12. The Bertz CT molecular complexity index is 601. The van der Waals surface area contributed by atoms with E-state index in [1.165, 1.54) is 6.20 Å². The number of aliphatic hydroxyl groups is 1. The number of halogens is 4. The second-order valence-corrected chi connectivity index (χ2v) is 4.52. The van der Waals surface area contributed by atoms with E-state index in [4.69, 9.17) is 0 Å². The van der Waals surface area contributed by atoms with Gasteiger partial charge in [-0.3, -0.25) is 4.98 Å². The van der Waals surface area contributed by atoms with Gasteiger partial charge in [0, 0.05) is 17.1 Å². The van der Waals surface area contributed by atoms with Crippen molar-refractivity contribution >= 4 is 10.9 Å². The Morgan fingerprint density at radius 3 is 2.62 bits per heavy atom. The van der Waals surface area contributed by atoms with E-state index >= 15 is 0 Å². The zero-order valence-corrected chi connectivity index (χ0v) is 10.8. The molecule has 0 bridgehead atoms. The first-order valence-electron chi connectivity index (χ1n) is 6.17. The third kappa shape index (κ3) is 3.68. The molecule has 0 aliphatic rings. The molecule has 0 aliphatic carbocycles. The van der Waals surface area contributed by atoms with Gasteiger partial charge in [0.2, 0.25) is 0 Å². The number of para-hydroxylation sites is 1. The van der Waals surface area contributed by atoms with Gasteiger partial charge in [0.25, 0.3) is 0 Å². The van der Waals surface area contributed by atoms with Crippen LogP contribution in [-0.2, 0) is 4.74 Å². The molecule has 0 amide bonds. The summed E-state index contributed by atoms with van der Waals surface area (Å²) in [5, 5.41) is 10.7. The fraction of sp³-hybridized carbons (Fsp3) is 0.357. The van der Waals surface area contributed by atoms with Crippen LogP contribution in [0.15, 0.2) is 36.5 Å². The van der Waals surface area contributed by atoms with Crippen molar-refractivity contribution in [2.45, 2.75) is 18.5 Å². The van der Waals surface area contributed by atoms with Crippen LogP contribution in [0.2, 0.25) is 0 Å². The van der Waals surface area contributed by atoms with Crippen molar-refractivity contribution in [1.82, 2.24) is 4.98 Å². The molecule has 7 heteroatoms. The third-order valence-corrected chi connectivity index (χ3v) is 2.91. The average molecular weight is 303 g/mol. The summed E-state index contributed by atoms with van der Waals surface area (Å²) in [7, 11) is 0. The normalized spacial score (nSPS) is 13.8. The van der Waals surface area contributed by atoms with Gasteiger partial charge < -0.3 is 9.84 Å². The van der Waals surface area contributed by atoms with Crippen LogP contribution in [0.25, 0.3) is 10.9 Å². The average Bonchev–Trinajstić information content (AvgIpc) is 2.46. The largest absolute Gasteiger partial charge is 0.386 e. The second-order valence-electron chi connectivity index (χ2n) is 4.52. The fourth-order valence-electron chi connectivity index (χ4n) is 1.86. The molecule has 1 N–H and O–H groups in total. The van der Waals surface area contributed by atoms with E-state index in [-0.39, 0.29) is 0 Å². The first-order chi connectivity index (χ1) is 9.92. The predicted molar refractivity (Wildman–Crippen MR) is 68.5 cm³/mol. The number of nitrogens with zero attached hydrogens (tertiary/aromatic N) is 1. The van der Waals surface area contributed by atoms with Crippen molar-refractivity contribution < 1.29 is 27.4 Å². The number of fused-ring (bicyclic) bond motifs is 1. The minimum atomic E-state index is -4.23. The lowest BCUT2D eigenvalue weighted by atomic mass is 10.1. The molecule has 1 aromatic carbocycles. The summed E-state index contributed by atoms with van der Waals surface area (Å²) in [5.41, 5.74) is 0.908. The van der Waals surface area contributed by atoms with E-state index in [1.54, 1.807) is 30.3 Å². The molecule has 1 atom stereocenters. The highest BCUT2D eigenvalue weighted by Crippen LogP contribution is 2.25. The molecule has 0 saturated carbocycles. The fourth-order valence-corrected chi connectivity index (χ4v) is 1.86. The van der Waals surface area contributed by atoms with Crippen molar-refractivity contribution in [2.24, 2.45) is 0 Å². The third-order valence-electron chi connectivity index (χ3n) is 2.91. The molecular weight excluding hydrogens is 290 g/mol. The number of benzene rings is 1. The molecule has 0 fully saturated rings. The zero-order valence-electron chi connectivity index (χ0n) is 10.8. The van der Waals surface area contributed by atoms with Crippen molar-refractivity contribution in [1.29, 1.82) is 0 Å². The minimum Gasteiger partial charge on any atom is -0.386 e. The molecule has 0 spiro atoms. The highest BCUT2D eigenvalue weighted by Gasteiger charge is 2.41. The Hall–Kier alpha value is -1.73. The molecule has 3 nitrogen and oxygen atoms in total. The number of ether oxygens (including phenoxy) is 1. The van der Waals surface area contributed by atoms with Crippen LogP contribution < -0.4 is 0 Å². The lowest BCUT2D eigenvalue weighted by Gasteiger charge is -2.17. The van der Waals surface area contributed by atoms with E-state index in [0.717, 1.165) is 5.39 Å². The van der Waals surface area contributed by atoms with Gasteiger partial charge in [-0.25, -0.2) is 8.78 Å². The van der Waals surface area contributed by atoms with Gasteiger partial charge in [-0.2, -0.15) is 8.78 Å². The number of pyridine rings is 1. The van der Waals surface area contributed by atoms with Crippen LogP contribution in [0.5, 0.6) is 0 Å². The molecule has 1 heterocycles. The van der Waals surface area contributed by atoms with Gasteiger partial charge in [-0.1, -0.05) is 24.3 Å². The van der Waals surface area contributed by atoms with Gasteiger partial charge >= 0.3 is 12.3 Å². The number of aliphatic hydroxyl groups excluding tert-OH is 1. The first kappa shape index (κ1) is 15.7. The summed E-state index contributed by atoms with van der Waals surface area (Å²) in [4.78, 5) is 4.10. The van der Waals surface area contributed by atoms with Crippen LogP contribution in [0.3, 0.4) is 0 Å². The van der Waals surface area contributed by atoms with Crippen molar-refractivity contribution in [3.8, 4) is 0 Å². The minimum absolute atomic E-state index is 0.397. The number of aromatic nitrogens is 1. The maximum Gasteiger partial charge on any atom is 0.330 e. The highest BCUT2D eigenvalue weighted by molar-refractivity contribution is 5.81. The smallest absolute Gasteiger partial charge is 0.330 e. The molecule has 0 aliphatic heterocycles. The van der Waals surface area contributed by atoms with Gasteiger partial charge in [0.05, 0.1) is 12.1 Å². The van der Waals surface area contributed by atoms with E-state index in [0.29, 0.717) is 11.1 Å². The summed E-state index contributed by atoms with van der Waals surface area (Å²) < 4.78 is 53.8. The van der Waals surface area contributed by atoms with E-state index in [1.807, 2.05) is 0 Å². The molecule has 2 rings (SSSR count). The Morgan fingerprint density at radius 1 is 1.19 bits per heavy atom. The van der Waals surface area contributed by atoms with Crippen molar-refractivity contribution in [3.05, 3.63) is 42.1 Å². The molecular formula is C14H13F4NO2.